The number of urea groups is 1. The van der Waals surface area contributed by atoms with Crippen molar-refractivity contribution in [1.29, 1.82) is 0 Å². The fraction of sp³-hybridized carbons (Fsp3) is 0.533. The Kier molecular flexibility index (Phi) is 7.72. The van der Waals surface area contributed by atoms with E-state index < -0.39 is 58.8 Å². The Morgan fingerprint density at radius 2 is 1.67 bits per heavy atom. The first kappa shape index (κ1) is 31.1. The number of alkyl halides is 6. The van der Waals surface area contributed by atoms with Crippen molar-refractivity contribution >= 4 is 12.0 Å². The van der Waals surface area contributed by atoms with Crippen molar-refractivity contribution in [2.24, 2.45) is 11.3 Å². The molecule has 0 bridgehead atoms. The molecule has 1 N–H and O–H groups in total. The van der Waals surface area contributed by atoms with E-state index in [9.17, 15) is 45.4 Å². The van der Waals surface area contributed by atoms with Crippen LogP contribution in [0.25, 0.3) is 0 Å². The maximum absolute atomic E-state index is 14.0. The molecule has 0 radical (unpaired) electrons. The lowest BCUT2D eigenvalue weighted by Crippen LogP contribution is -2.52. The summed E-state index contributed by atoms with van der Waals surface area (Å²) in [5.41, 5.74) is -2.75. The van der Waals surface area contributed by atoms with Gasteiger partial charge in [-0.25, -0.2) is 9.18 Å². The fourth-order valence-corrected chi connectivity index (χ4v) is 6.76. The summed E-state index contributed by atoms with van der Waals surface area (Å²) in [5.74, 6) is -1.22. The van der Waals surface area contributed by atoms with Crippen LogP contribution >= 0.6 is 0 Å². The topological polar surface area (TPSA) is 64.1 Å². The van der Waals surface area contributed by atoms with Crippen LogP contribution in [0.5, 0.6) is 0 Å². The third-order valence-electron chi connectivity index (χ3n) is 9.50. The second-order valence-corrected chi connectivity index (χ2v) is 12.1. The van der Waals surface area contributed by atoms with E-state index in [1.165, 1.54) is 31.0 Å². The predicted octanol–water partition coefficient (Wildman–Crippen LogP) is 6.90. The molecule has 6 nitrogen and oxygen atoms in total. The van der Waals surface area contributed by atoms with Crippen LogP contribution in [0.4, 0.5) is 35.5 Å². The van der Waals surface area contributed by atoms with Crippen LogP contribution in [0.3, 0.4) is 0 Å². The molecule has 2 amide bonds. The first-order valence-electron chi connectivity index (χ1n) is 14.0. The first-order chi connectivity index (χ1) is 19.9. The maximum atomic E-state index is 14.0. The van der Waals surface area contributed by atoms with Gasteiger partial charge in [0, 0.05) is 32.7 Å². The zero-order valence-corrected chi connectivity index (χ0v) is 23.8. The monoisotopic (exact) mass is 615 g/mol. The molecule has 43 heavy (non-hydrogen) atoms. The Labute approximate surface area is 244 Å². The summed E-state index contributed by atoms with van der Waals surface area (Å²) in [4.78, 5) is 30.5. The number of piperidine rings is 2. The van der Waals surface area contributed by atoms with Gasteiger partial charge in [-0.3, -0.25) is 9.69 Å². The Hall–Kier alpha value is -3.35. The van der Waals surface area contributed by atoms with Gasteiger partial charge >= 0.3 is 24.4 Å². The van der Waals surface area contributed by atoms with Crippen molar-refractivity contribution in [3.8, 4) is 0 Å². The molecule has 5 rings (SSSR count). The van der Waals surface area contributed by atoms with Crippen LogP contribution in [0.15, 0.2) is 36.4 Å². The van der Waals surface area contributed by atoms with E-state index >= 15 is 0 Å². The number of benzene rings is 2. The molecule has 1 saturated carbocycles. The molecule has 2 aromatic carbocycles. The summed E-state index contributed by atoms with van der Waals surface area (Å²) < 4.78 is 95.0. The number of likely N-dealkylation sites (tertiary alicyclic amines) is 2. The average Bonchev–Trinajstić information content (AvgIpc) is 3.51. The maximum Gasteiger partial charge on any atom is 0.416 e. The van der Waals surface area contributed by atoms with Crippen LogP contribution in [0.2, 0.25) is 0 Å². The van der Waals surface area contributed by atoms with Crippen LogP contribution in [0.1, 0.15) is 66.1 Å². The SMILES string of the molecule is Cc1cc(F)ccc1[C@H]1C[C@@H](N2C[C@@H]3C[C@]3(C(=O)O)C2)CCN1C(=O)N(C)[C@H](C)c1cc(C(F)(F)F)cc(C(F)(F)F)c1. The average molecular weight is 616 g/mol. The van der Waals surface area contributed by atoms with Crippen LogP contribution in [0, 0.1) is 24.1 Å². The third kappa shape index (κ3) is 5.80. The normalized spacial score (nSPS) is 26.7. The first-order valence-corrected chi connectivity index (χ1v) is 14.0. The number of hydrogen-bond acceptors (Lipinski definition) is 3. The van der Waals surface area contributed by atoms with Gasteiger partial charge in [0.05, 0.1) is 28.6 Å². The largest absolute Gasteiger partial charge is 0.481 e. The molecule has 2 aromatic rings. The van der Waals surface area contributed by atoms with Gasteiger partial charge in [0.2, 0.25) is 0 Å². The quantitative estimate of drug-likeness (QED) is 0.372. The number of carboxylic acids is 1. The molecule has 2 heterocycles. The Balaban J connectivity index is 1.43. The minimum atomic E-state index is -5.03. The van der Waals surface area contributed by atoms with Gasteiger partial charge in [-0.05, 0) is 86.1 Å². The minimum absolute atomic E-state index is 0.0486. The summed E-state index contributed by atoms with van der Waals surface area (Å²) in [5, 5.41) is 9.72. The lowest BCUT2D eigenvalue weighted by atomic mass is 9.88. The number of aryl methyl sites for hydroxylation is 1. The number of amides is 2. The van der Waals surface area contributed by atoms with Crippen molar-refractivity contribution in [3.63, 3.8) is 0 Å². The van der Waals surface area contributed by atoms with Gasteiger partial charge in [-0.15, -0.1) is 0 Å². The minimum Gasteiger partial charge on any atom is -0.481 e. The van der Waals surface area contributed by atoms with Gasteiger partial charge in [0.1, 0.15) is 5.82 Å². The number of hydrogen-bond donors (Lipinski definition) is 1. The number of rotatable bonds is 5. The lowest BCUT2D eigenvalue weighted by Gasteiger charge is -2.45. The number of carbonyl (C=O) groups is 2. The number of fused-ring (bicyclic) bond motifs is 1. The smallest absolute Gasteiger partial charge is 0.416 e. The molecule has 2 aliphatic heterocycles. The molecule has 5 atom stereocenters. The lowest BCUT2D eigenvalue weighted by molar-refractivity contribution is -0.144. The van der Waals surface area contributed by atoms with Crippen LogP contribution in [-0.4, -0.2) is 64.5 Å². The highest BCUT2D eigenvalue weighted by Crippen LogP contribution is 2.59. The molecular weight excluding hydrogens is 583 g/mol. The number of halogens is 7. The molecule has 1 aliphatic carbocycles. The molecule has 3 fully saturated rings. The highest BCUT2D eigenvalue weighted by atomic mass is 19.4. The molecular formula is C30H32F7N3O3. The number of nitrogens with zero attached hydrogens (tertiary/aromatic N) is 3. The molecule has 0 aromatic heterocycles. The summed E-state index contributed by atoms with van der Waals surface area (Å²) in [6.07, 6.45) is -8.52. The molecule has 0 spiro atoms. The van der Waals surface area contributed by atoms with Gasteiger partial charge in [-0.2, -0.15) is 26.3 Å². The summed E-state index contributed by atoms with van der Waals surface area (Å²) in [7, 11) is 1.33. The molecule has 234 valence electrons. The standard InChI is InChI=1S/C30H32F7N3O3/c1-16-8-22(31)4-5-24(16)25-12-23(39-14-21-13-28(21,15-39)26(41)42)6-7-40(25)27(43)38(3)17(2)18-9-19(29(32,33)34)11-20(10-18)30(35,36)37/h4-5,8-11,17,21,23,25H,6-7,12-15H2,1-3H3,(H,41,42)/t17-,21+,23+,25-,28+/m1/s1. The van der Waals surface area contributed by atoms with Gasteiger partial charge in [-0.1, -0.05) is 6.07 Å². The molecule has 13 heteroatoms. The van der Waals surface area contributed by atoms with Crippen LogP contribution < -0.4 is 0 Å². The summed E-state index contributed by atoms with van der Waals surface area (Å²) in [6, 6.07) is 3.07. The fourth-order valence-electron chi connectivity index (χ4n) is 6.76. The van der Waals surface area contributed by atoms with Crippen LogP contribution in [-0.2, 0) is 17.1 Å². The predicted molar refractivity (Wildman–Crippen MR) is 141 cm³/mol. The van der Waals surface area contributed by atoms with Gasteiger partial charge in [0.15, 0.2) is 0 Å². The number of carboxylic acid groups (broad SMARTS) is 1. The third-order valence-corrected chi connectivity index (χ3v) is 9.50. The molecule has 0 unspecified atom stereocenters. The molecule has 2 saturated heterocycles. The summed E-state index contributed by atoms with van der Waals surface area (Å²) in [6.45, 7) is 4.28. The number of aliphatic carboxylic acids is 1. The van der Waals surface area contributed by atoms with E-state index in [1.54, 1.807) is 13.0 Å². The van der Waals surface area contributed by atoms with E-state index in [1.807, 2.05) is 0 Å². The van der Waals surface area contributed by atoms with Gasteiger partial charge in [0.25, 0.3) is 0 Å². The summed E-state index contributed by atoms with van der Waals surface area (Å²) >= 11 is 0. The zero-order valence-electron chi connectivity index (χ0n) is 23.8. The second-order valence-electron chi connectivity index (χ2n) is 12.1. The molecule has 3 aliphatic rings. The van der Waals surface area contributed by atoms with Crippen molar-refractivity contribution in [3.05, 3.63) is 70.0 Å². The second kappa shape index (κ2) is 10.7. The van der Waals surface area contributed by atoms with E-state index in [0.717, 1.165) is 4.90 Å². The van der Waals surface area contributed by atoms with Crippen molar-refractivity contribution in [2.75, 3.05) is 26.7 Å². The Morgan fingerprint density at radius 1 is 1.05 bits per heavy atom. The van der Waals surface area contributed by atoms with Crippen molar-refractivity contribution in [2.45, 2.75) is 63.6 Å². The highest BCUT2D eigenvalue weighted by Gasteiger charge is 2.66. The van der Waals surface area contributed by atoms with E-state index in [-0.39, 0.29) is 30.1 Å². The Morgan fingerprint density at radius 3 is 2.21 bits per heavy atom. The van der Waals surface area contributed by atoms with Crippen molar-refractivity contribution < 1.29 is 45.4 Å². The van der Waals surface area contributed by atoms with Gasteiger partial charge < -0.3 is 14.9 Å². The highest BCUT2D eigenvalue weighted by molar-refractivity contribution is 5.79. The Bertz CT molecular complexity index is 1400. The van der Waals surface area contributed by atoms with E-state index in [2.05, 4.69) is 4.90 Å². The zero-order chi connectivity index (χ0) is 31.6. The van der Waals surface area contributed by atoms with Crippen molar-refractivity contribution in [1.82, 2.24) is 14.7 Å². The number of carbonyl (C=O) groups excluding carboxylic acids is 1. The van der Waals surface area contributed by atoms with E-state index in [0.29, 0.717) is 55.6 Å². The van der Waals surface area contributed by atoms with E-state index in [4.69, 9.17) is 0 Å².